The highest BCUT2D eigenvalue weighted by Crippen LogP contribution is 2.20. The molecule has 2 amide bonds. The number of rotatable bonds is 3. The Hall–Kier alpha value is -2.73. The first-order valence-electron chi connectivity index (χ1n) is 8.49. The van der Waals surface area contributed by atoms with E-state index in [2.05, 4.69) is 4.98 Å². The van der Waals surface area contributed by atoms with Crippen molar-refractivity contribution < 1.29 is 14.0 Å². The van der Waals surface area contributed by atoms with Gasteiger partial charge in [0.25, 0.3) is 5.91 Å². The number of halogens is 1. The zero-order valence-corrected chi connectivity index (χ0v) is 14.8. The van der Waals surface area contributed by atoms with Crippen molar-refractivity contribution in [2.75, 3.05) is 26.2 Å². The van der Waals surface area contributed by atoms with Crippen molar-refractivity contribution in [3.63, 3.8) is 0 Å². The molecule has 1 aromatic carbocycles. The molecular formula is C19H18ClN3O3. The van der Waals surface area contributed by atoms with E-state index in [4.69, 9.17) is 16.0 Å². The maximum Gasteiger partial charge on any atom is 0.289 e. The number of carbonyl (C=O) groups excluding carboxylic acids is 2. The molecule has 0 unspecified atom stereocenters. The third-order valence-electron chi connectivity index (χ3n) is 4.72. The van der Waals surface area contributed by atoms with Crippen molar-refractivity contribution in [2.24, 2.45) is 0 Å². The fourth-order valence-corrected chi connectivity index (χ4v) is 3.44. The number of hydrogen-bond acceptors (Lipinski definition) is 3. The molecule has 2 aromatic heterocycles. The summed E-state index contributed by atoms with van der Waals surface area (Å²) >= 11 is 5.72. The van der Waals surface area contributed by atoms with Gasteiger partial charge < -0.3 is 19.2 Å². The lowest BCUT2D eigenvalue weighted by Crippen LogP contribution is -2.50. The molecule has 3 heterocycles. The summed E-state index contributed by atoms with van der Waals surface area (Å²) in [6.07, 6.45) is 2.24. The van der Waals surface area contributed by atoms with E-state index in [0.717, 1.165) is 16.5 Å². The number of benzene rings is 1. The Morgan fingerprint density at radius 3 is 2.50 bits per heavy atom. The first-order chi connectivity index (χ1) is 12.6. The molecule has 6 nitrogen and oxygen atoms in total. The molecule has 7 heteroatoms. The van der Waals surface area contributed by atoms with Crippen molar-refractivity contribution in [2.45, 2.75) is 6.42 Å². The summed E-state index contributed by atoms with van der Waals surface area (Å²) in [5, 5.41) is 1.27. The quantitative estimate of drug-likeness (QED) is 0.769. The lowest BCUT2D eigenvalue weighted by atomic mass is 10.1. The van der Waals surface area contributed by atoms with Gasteiger partial charge in [0.05, 0.1) is 6.42 Å². The van der Waals surface area contributed by atoms with Crippen LogP contribution in [-0.2, 0) is 11.2 Å². The van der Waals surface area contributed by atoms with Crippen LogP contribution in [0.3, 0.4) is 0 Å². The minimum Gasteiger partial charge on any atom is -0.440 e. The number of aromatic nitrogens is 1. The Balaban J connectivity index is 1.37. The third kappa shape index (κ3) is 3.20. The Bertz CT molecular complexity index is 954. The second-order valence-electron chi connectivity index (χ2n) is 6.31. The first kappa shape index (κ1) is 16.7. The van der Waals surface area contributed by atoms with E-state index in [1.165, 1.54) is 0 Å². The number of amides is 2. The molecule has 1 saturated heterocycles. The number of carbonyl (C=O) groups is 2. The van der Waals surface area contributed by atoms with Crippen LogP contribution in [0.5, 0.6) is 0 Å². The minimum atomic E-state index is -0.194. The molecule has 0 saturated carbocycles. The molecule has 0 bridgehead atoms. The fourth-order valence-electron chi connectivity index (χ4n) is 3.30. The van der Waals surface area contributed by atoms with Crippen LogP contribution in [0.25, 0.3) is 10.9 Å². The monoisotopic (exact) mass is 371 g/mol. The first-order valence-corrected chi connectivity index (χ1v) is 8.87. The number of H-pyrrole nitrogens is 1. The van der Waals surface area contributed by atoms with Gasteiger partial charge in [-0.2, -0.15) is 0 Å². The van der Waals surface area contributed by atoms with Crippen molar-refractivity contribution in [3.05, 3.63) is 59.1 Å². The van der Waals surface area contributed by atoms with Crippen LogP contribution >= 0.6 is 11.6 Å². The molecular weight excluding hydrogens is 354 g/mol. The third-order valence-corrected chi connectivity index (χ3v) is 4.92. The van der Waals surface area contributed by atoms with Gasteiger partial charge >= 0.3 is 0 Å². The zero-order chi connectivity index (χ0) is 18.1. The Morgan fingerprint density at radius 2 is 1.77 bits per heavy atom. The Morgan fingerprint density at radius 1 is 1.04 bits per heavy atom. The highest BCUT2D eigenvalue weighted by molar-refractivity contribution is 6.29. The molecule has 0 radical (unpaired) electrons. The molecule has 26 heavy (non-hydrogen) atoms. The van der Waals surface area contributed by atoms with Crippen LogP contribution in [0.4, 0.5) is 0 Å². The lowest BCUT2D eigenvalue weighted by molar-refractivity contribution is -0.131. The number of furan rings is 1. The number of fused-ring (bicyclic) bond motifs is 1. The summed E-state index contributed by atoms with van der Waals surface area (Å²) in [7, 11) is 0. The maximum absolute atomic E-state index is 12.6. The highest BCUT2D eigenvalue weighted by atomic mass is 35.5. The number of aromatic amines is 1. The number of para-hydroxylation sites is 1. The van der Waals surface area contributed by atoms with Gasteiger partial charge in [-0.3, -0.25) is 9.59 Å². The largest absolute Gasteiger partial charge is 0.440 e. The summed E-state index contributed by atoms with van der Waals surface area (Å²) in [5.41, 5.74) is 2.03. The molecule has 134 valence electrons. The Kier molecular flexibility index (Phi) is 4.42. The number of piperazine rings is 1. The average Bonchev–Trinajstić information content (AvgIpc) is 3.28. The molecule has 4 rings (SSSR count). The summed E-state index contributed by atoms with van der Waals surface area (Å²) < 4.78 is 5.17. The second-order valence-corrected chi connectivity index (χ2v) is 6.69. The minimum absolute atomic E-state index is 0.0721. The van der Waals surface area contributed by atoms with Crippen LogP contribution in [0.1, 0.15) is 16.1 Å². The summed E-state index contributed by atoms with van der Waals surface area (Å²) in [5.74, 6) is 0.108. The van der Waals surface area contributed by atoms with E-state index in [-0.39, 0.29) is 22.8 Å². The van der Waals surface area contributed by atoms with Gasteiger partial charge in [-0.1, -0.05) is 18.2 Å². The van der Waals surface area contributed by atoms with Gasteiger partial charge in [0, 0.05) is 43.3 Å². The lowest BCUT2D eigenvalue weighted by Gasteiger charge is -2.34. The van der Waals surface area contributed by atoms with Crippen LogP contribution in [0, 0.1) is 0 Å². The van der Waals surface area contributed by atoms with Crippen LogP contribution in [0.2, 0.25) is 5.22 Å². The van der Waals surface area contributed by atoms with Gasteiger partial charge in [0.1, 0.15) is 0 Å². The van der Waals surface area contributed by atoms with Crippen molar-refractivity contribution >= 4 is 34.3 Å². The SMILES string of the molecule is O=C(Cc1c[nH]c2ccccc12)N1CCN(C(=O)c2ccc(Cl)o2)CC1. The zero-order valence-electron chi connectivity index (χ0n) is 14.1. The fraction of sp³-hybridized carbons (Fsp3) is 0.263. The van der Waals surface area contributed by atoms with Crippen molar-refractivity contribution in [1.82, 2.24) is 14.8 Å². The van der Waals surface area contributed by atoms with E-state index in [1.54, 1.807) is 21.9 Å². The average molecular weight is 372 g/mol. The van der Waals surface area contributed by atoms with E-state index >= 15 is 0 Å². The van der Waals surface area contributed by atoms with Crippen LogP contribution < -0.4 is 0 Å². The topological polar surface area (TPSA) is 69.6 Å². The molecule has 0 spiro atoms. The normalized spacial score (nSPS) is 14.8. The standard InChI is InChI=1S/C19H18ClN3O3/c20-17-6-5-16(26-17)19(25)23-9-7-22(8-10-23)18(24)11-13-12-21-15-4-2-1-3-14(13)15/h1-6,12,21H,7-11H2. The summed E-state index contributed by atoms with van der Waals surface area (Å²) in [6.45, 7) is 2.00. The molecule has 1 N–H and O–H groups in total. The predicted molar refractivity (Wildman–Crippen MR) is 98.2 cm³/mol. The second kappa shape index (κ2) is 6.88. The molecule has 0 atom stereocenters. The Labute approximate surface area is 155 Å². The smallest absolute Gasteiger partial charge is 0.289 e. The van der Waals surface area contributed by atoms with Gasteiger partial charge in [-0.05, 0) is 35.4 Å². The number of nitrogens with zero attached hydrogens (tertiary/aromatic N) is 2. The molecule has 1 aliphatic heterocycles. The van der Waals surface area contributed by atoms with Crippen LogP contribution in [-0.4, -0.2) is 52.8 Å². The van der Waals surface area contributed by atoms with E-state index in [0.29, 0.717) is 32.6 Å². The van der Waals surface area contributed by atoms with E-state index in [9.17, 15) is 9.59 Å². The summed E-state index contributed by atoms with van der Waals surface area (Å²) in [4.78, 5) is 31.7. The predicted octanol–water partition coefficient (Wildman–Crippen LogP) is 2.94. The molecule has 1 aliphatic rings. The maximum atomic E-state index is 12.6. The molecule has 0 aliphatic carbocycles. The van der Waals surface area contributed by atoms with Crippen molar-refractivity contribution in [3.8, 4) is 0 Å². The highest BCUT2D eigenvalue weighted by Gasteiger charge is 2.26. The van der Waals surface area contributed by atoms with Crippen LogP contribution in [0.15, 0.2) is 47.0 Å². The molecule has 1 fully saturated rings. The number of nitrogens with one attached hydrogen (secondary N) is 1. The van der Waals surface area contributed by atoms with Gasteiger partial charge in [-0.25, -0.2) is 0 Å². The van der Waals surface area contributed by atoms with Gasteiger partial charge in [0.15, 0.2) is 11.0 Å². The summed E-state index contributed by atoms with van der Waals surface area (Å²) in [6, 6.07) is 11.1. The molecule has 3 aromatic rings. The van der Waals surface area contributed by atoms with Gasteiger partial charge in [0.2, 0.25) is 5.91 Å². The van der Waals surface area contributed by atoms with Crippen molar-refractivity contribution in [1.29, 1.82) is 0 Å². The van der Waals surface area contributed by atoms with E-state index < -0.39 is 0 Å². The van der Waals surface area contributed by atoms with Gasteiger partial charge in [-0.15, -0.1) is 0 Å². The van der Waals surface area contributed by atoms with E-state index in [1.807, 2.05) is 30.5 Å². The number of hydrogen-bond donors (Lipinski definition) is 1.